The summed E-state index contributed by atoms with van der Waals surface area (Å²) in [7, 11) is 1.67. The summed E-state index contributed by atoms with van der Waals surface area (Å²) in [5.41, 5.74) is 0.766. The van der Waals surface area contributed by atoms with Crippen LogP contribution in [0.4, 0.5) is 5.82 Å². The molecule has 21 heavy (non-hydrogen) atoms. The number of carbonyl (C=O) groups is 1. The van der Waals surface area contributed by atoms with E-state index in [-0.39, 0.29) is 11.1 Å². The van der Waals surface area contributed by atoms with Crippen molar-refractivity contribution < 1.29 is 14.6 Å². The molecule has 0 aliphatic carbocycles. The number of aromatic carboxylic acids is 1. The highest BCUT2D eigenvalue weighted by atomic mass is 16.5. The maximum Gasteiger partial charge on any atom is 0.356 e. The van der Waals surface area contributed by atoms with Gasteiger partial charge in [0.25, 0.3) is 0 Å². The Morgan fingerprint density at radius 1 is 1.48 bits per heavy atom. The summed E-state index contributed by atoms with van der Waals surface area (Å²) in [6, 6.07) is 5.40. The fraction of sp³-hybridized carbons (Fsp3) is 0.467. The normalized spacial score (nSPS) is 11.8. The number of methoxy groups -OCH3 is 1. The van der Waals surface area contributed by atoms with E-state index in [1.165, 1.54) is 0 Å². The second-order valence-electron chi connectivity index (χ2n) is 5.80. The molecule has 2 aromatic heterocycles. The highest BCUT2D eigenvalue weighted by molar-refractivity contribution is 5.92. The molecule has 114 valence electrons. The zero-order valence-electron chi connectivity index (χ0n) is 12.6. The lowest BCUT2D eigenvalue weighted by atomic mass is 9.90. The lowest BCUT2D eigenvalue weighted by molar-refractivity contribution is 0.0690. The van der Waals surface area contributed by atoms with Gasteiger partial charge in [0.1, 0.15) is 5.65 Å². The predicted octanol–water partition coefficient (Wildman–Crippen LogP) is 2.51. The van der Waals surface area contributed by atoms with Crippen LogP contribution >= 0.6 is 0 Å². The van der Waals surface area contributed by atoms with Gasteiger partial charge in [-0.1, -0.05) is 19.9 Å². The first-order valence-electron chi connectivity index (χ1n) is 6.88. The number of hydrogen-bond donors (Lipinski definition) is 2. The van der Waals surface area contributed by atoms with Gasteiger partial charge >= 0.3 is 5.97 Å². The Balaban J connectivity index is 2.22. The van der Waals surface area contributed by atoms with Crippen molar-refractivity contribution in [2.75, 3.05) is 25.6 Å². The van der Waals surface area contributed by atoms with Gasteiger partial charge in [-0.2, -0.15) is 0 Å². The molecule has 0 radical (unpaired) electrons. The highest BCUT2D eigenvalue weighted by Gasteiger charge is 2.22. The number of rotatable bonds is 7. The Morgan fingerprint density at radius 3 is 2.90 bits per heavy atom. The minimum absolute atomic E-state index is 0.0123. The lowest BCUT2D eigenvalue weighted by Gasteiger charge is -2.24. The van der Waals surface area contributed by atoms with Crippen molar-refractivity contribution in [2.45, 2.75) is 20.3 Å². The van der Waals surface area contributed by atoms with Crippen LogP contribution in [0.3, 0.4) is 0 Å². The molecule has 6 nitrogen and oxygen atoms in total. The van der Waals surface area contributed by atoms with Gasteiger partial charge in [0.05, 0.1) is 0 Å². The second-order valence-corrected chi connectivity index (χ2v) is 5.80. The van der Waals surface area contributed by atoms with E-state index < -0.39 is 5.97 Å². The number of aromatic nitrogens is 2. The third-order valence-corrected chi connectivity index (χ3v) is 3.45. The molecule has 0 unspecified atom stereocenters. The number of ether oxygens (including phenoxy) is 1. The van der Waals surface area contributed by atoms with Crippen LogP contribution in [0.25, 0.3) is 5.65 Å². The maximum atomic E-state index is 11.5. The number of pyridine rings is 1. The van der Waals surface area contributed by atoms with E-state index in [9.17, 15) is 9.90 Å². The Morgan fingerprint density at radius 2 is 2.24 bits per heavy atom. The Hall–Kier alpha value is -2.08. The summed E-state index contributed by atoms with van der Waals surface area (Å²) in [6.45, 7) is 5.51. The zero-order chi connectivity index (χ0) is 15.5. The van der Waals surface area contributed by atoms with Crippen molar-refractivity contribution in [1.29, 1.82) is 0 Å². The molecule has 0 amide bonds. The molecule has 0 saturated heterocycles. The van der Waals surface area contributed by atoms with Crippen molar-refractivity contribution >= 4 is 17.4 Å². The largest absolute Gasteiger partial charge is 0.476 e. The highest BCUT2D eigenvalue weighted by Crippen LogP contribution is 2.23. The molecule has 6 heteroatoms. The Kier molecular flexibility index (Phi) is 4.47. The van der Waals surface area contributed by atoms with E-state index in [0.717, 1.165) is 6.42 Å². The van der Waals surface area contributed by atoms with Gasteiger partial charge in [0, 0.05) is 26.5 Å². The van der Waals surface area contributed by atoms with E-state index in [4.69, 9.17) is 4.74 Å². The monoisotopic (exact) mass is 291 g/mol. The van der Waals surface area contributed by atoms with E-state index in [1.807, 2.05) is 6.07 Å². The number of carboxylic acids is 1. The molecule has 2 rings (SSSR count). The quantitative estimate of drug-likeness (QED) is 0.819. The van der Waals surface area contributed by atoms with Crippen LogP contribution in [0.15, 0.2) is 24.4 Å². The van der Waals surface area contributed by atoms with E-state index in [1.54, 1.807) is 29.8 Å². The minimum atomic E-state index is -0.995. The van der Waals surface area contributed by atoms with Crippen LogP contribution in [0.1, 0.15) is 30.8 Å². The van der Waals surface area contributed by atoms with Crippen molar-refractivity contribution in [3.63, 3.8) is 0 Å². The van der Waals surface area contributed by atoms with E-state index >= 15 is 0 Å². The third kappa shape index (κ3) is 3.52. The van der Waals surface area contributed by atoms with Crippen molar-refractivity contribution in [2.24, 2.45) is 5.41 Å². The minimum Gasteiger partial charge on any atom is -0.476 e. The van der Waals surface area contributed by atoms with E-state index in [2.05, 4.69) is 24.1 Å². The zero-order valence-corrected chi connectivity index (χ0v) is 12.6. The van der Waals surface area contributed by atoms with Crippen LogP contribution in [0, 0.1) is 5.41 Å². The second kappa shape index (κ2) is 6.13. The molecule has 0 aliphatic rings. The van der Waals surface area contributed by atoms with Crippen LogP contribution < -0.4 is 5.32 Å². The molecule has 2 aromatic rings. The molecule has 0 atom stereocenters. The summed E-state index contributed by atoms with van der Waals surface area (Å²) in [5, 5.41) is 12.6. The van der Waals surface area contributed by atoms with Gasteiger partial charge in [-0.05, 0) is 24.0 Å². The molecule has 2 heterocycles. The number of nitrogens with zero attached hydrogens (tertiary/aromatic N) is 2. The van der Waals surface area contributed by atoms with Gasteiger partial charge < -0.3 is 15.2 Å². The molecule has 0 spiro atoms. The first-order chi connectivity index (χ1) is 9.94. The number of fused-ring (bicyclic) bond motifs is 1. The lowest BCUT2D eigenvalue weighted by Crippen LogP contribution is -2.25. The molecule has 0 fully saturated rings. The number of imidazole rings is 1. The molecule has 0 bridgehead atoms. The first-order valence-corrected chi connectivity index (χ1v) is 6.88. The fourth-order valence-corrected chi connectivity index (χ4v) is 2.11. The summed E-state index contributed by atoms with van der Waals surface area (Å²) in [5.74, 6) is -0.593. The molecular formula is C15H21N3O3. The van der Waals surface area contributed by atoms with Crippen molar-refractivity contribution in [3.05, 3.63) is 30.1 Å². The van der Waals surface area contributed by atoms with Crippen LogP contribution in [-0.4, -0.2) is 40.7 Å². The summed E-state index contributed by atoms with van der Waals surface area (Å²) in [6.07, 6.45) is 2.58. The average molecular weight is 291 g/mol. The molecule has 0 aliphatic heterocycles. The summed E-state index contributed by atoms with van der Waals surface area (Å²) >= 11 is 0. The average Bonchev–Trinajstić information content (AvgIpc) is 2.81. The topological polar surface area (TPSA) is 75.9 Å². The van der Waals surface area contributed by atoms with Gasteiger partial charge in [-0.15, -0.1) is 0 Å². The number of anilines is 1. The summed E-state index contributed by atoms with van der Waals surface area (Å²) in [4.78, 5) is 15.8. The predicted molar refractivity (Wildman–Crippen MR) is 80.9 cm³/mol. The maximum absolute atomic E-state index is 11.5. The van der Waals surface area contributed by atoms with E-state index in [0.29, 0.717) is 24.6 Å². The van der Waals surface area contributed by atoms with Crippen molar-refractivity contribution in [3.8, 4) is 0 Å². The molecule has 0 aromatic carbocycles. The van der Waals surface area contributed by atoms with Crippen LogP contribution in [0.2, 0.25) is 0 Å². The number of nitrogens with one attached hydrogen (secondary N) is 1. The molecule has 0 saturated carbocycles. The van der Waals surface area contributed by atoms with Gasteiger partial charge in [0.2, 0.25) is 0 Å². The van der Waals surface area contributed by atoms with Crippen LogP contribution in [0.5, 0.6) is 0 Å². The van der Waals surface area contributed by atoms with Gasteiger partial charge in [-0.3, -0.25) is 4.40 Å². The third-order valence-electron chi connectivity index (χ3n) is 3.45. The smallest absolute Gasteiger partial charge is 0.356 e. The standard InChI is InChI=1S/C15H21N3O3/c1-15(2,7-9-21-3)10-16-13-12(14(19)20)18-8-5-4-6-11(18)17-13/h4-6,8,16H,7,9-10H2,1-3H3,(H,19,20). The molecular weight excluding hydrogens is 270 g/mol. The van der Waals surface area contributed by atoms with Gasteiger partial charge in [-0.25, -0.2) is 9.78 Å². The summed E-state index contributed by atoms with van der Waals surface area (Å²) < 4.78 is 6.67. The van der Waals surface area contributed by atoms with Gasteiger partial charge in [0.15, 0.2) is 11.5 Å². The van der Waals surface area contributed by atoms with Crippen LogP contribution in [-0.2, 0) is 4.74 Å². The number of carboxylic acid groups (broad SMARTS) is 1. The SMILES string of the molecule is COCCC(C)(C)CNc1nc2ccccn2c1C(=O)O. The molecule has 2 N–H and O–H groups in total. The van der Waals surface area contributed by atoms with Crippen molar-refractivity contribution in [1.82, 2.24) is 9.38 Å². The Bertz CT molecular complexity index is 634. The Labute approximate surface area is 123 Å². The first kappa shape index (κ1) is 15.3. The number of hydrogen-bond acceptors (Lipinski definition) is 4. The fourth-order valence-electron chi connectivity index (χ4n) is 2.11.